The Morgan fingerprint density at radius 3 is 2.18 bits per heavy atom. The van der Waals surface area contributed by atoms with Crippen molar-refractivity contribution in [1.82, 2.24) is 9.29 Å². The molecule has 3 nitrogen and oxygen atoms in total. The lowest BCUT2D eigenvalue weighted by Crippen LogP contribution is -2.46. The minimum Gasteiger partial charge on any atom is -0.345 e. The van der Waals surface area contributed by atoms with Gasteiger partial charge < -0.3 is 4.57 Å². The molecule has 4 aromatic rings. The van der Waals surface area contributed by atoms with Gasteiger partial charge in [0.15, 0.2) is 0 Å². The monoisotopic (exact) mass is 470 g/mol. The van der Waals surface area contributed by atoms with Crippen LogP contribution in [0.1, 0.15) is 16.7 Å². The summed E-state index contributed by atoms with van der Waals surface area (Å²) in [5.41, 5.74) is 4.87. The standard InChI is InChI=1S/C26H25F3N2OS/c1-17-13-18(2)25(19(3)14-17)33(32)30-24(26(27,28)29)16-31-15-22(20-9-5-4-6-10-20)21-11-7-8-12-23(21)31/h4-15,24,30H,16H2,1-3H3. The number of hydrogen-bond donors (Lipinski definition) is 1. The van der Waals surface area contributed by atoms with Crippen LogP contribution in [0, 0.1) is 20.8 Å². The molecule has 33 heavy (non-hydrogen) atoms. The van der Waals surface area contributed by atoms with Crippen molar-refractivity contribution < 1.29 is 17.4 Å². The van der Waals surface area contributed by atoms with Crippen molar-refractivity contribution in [3.05, 3.63) is 89.6 Å². The van der Waals surface area contributed by atoms with Crippen LogP contribution in [-0.4, -0.2) is 21.0 Å². The normalized spacial score (nSPS) is 13.9. The molecule has 4 rings (SSSR count). The zero-order valence-corrected chi connectivity index (χ0v) is 19.4. The zero-order chi connectivity index (χ0) is 23.8. The van der Waals surface area contributed by atoms with Gasteiger partial charge in [-0.05, 0) is 43.5 Å². The lowest BCUT2D eigenvalue weighted by atomic mass is 10.1. The van der Waals surface area contributed by atoms with Gasteiger partial charge in [0, 0.05) is 29.2 Å². The first kappa shape index (κ1) is 23.3. The van der Waals surface area contributed by atoms with Crippen molar-refractivity contribution in [2.75, 3.05) is 0 Å². The molecule has 0 fully saturated rings. The van der Waals surface area contributed by atoms with Crippen molar-refractivity contribution in [3.63, 3.8) is 0 Å². The first-order valence-corrected chi connectivity index (χ1v) is 11.8. The quantitative estimate of drug-likeness (QED) is 0.344. The summed E-state index contributed by atoms with van der Waals surface area (Å²) in [6.45, 7) is 5.04. The molecule has 0 aliphatic carbocycles. The average Bonchev–Trinajstić information content (AvgIpc) is 3.11. The van der Waals surface area contributed by atoms with E-state index >= 15 is 0 Å². The number of benzene rings is 3. The number of nitrogens with one attached hydrogen (secondary N) is 1. The van der Waals surface area contributed by atoms with Gasteiger partial charge >= 0.3 is 6.18 Å². The molecule has 3 aromatic carbocycles. The maximum atomic E-state index is 14.1. The fourth-order valence-corrected chi connectivity index (χ4v) is 5.58. The molecular formula is C26H25F3N2OS. The molecule has 172 valence electrons. The molecule has 0 aliphatic heterocycles. The van der Waals surface area contributed by atoms with Crippen LogP contribution in [0.5, 0.6) is 0 Å². The SMILES string of the molecule is Cc1cc(C)c(S(=O)NC(Cn2cc(-c3ccccc3)c3ccccc32)C(F)(F)F)c(C)c1. The molecule has 0 saturated heterocycles. The highest BCUT2D eigenvalue weighted by atomic mass is 32.2. The van der Waals surface area contributed by atoms with Crippen molar-refractivity contribution in [2.24, 2.45) is 0 Å². The first-order valence-electron chi connectivity index (χ1n) is 10.6. The summed E-state index contributed by atoms with van der Waals surface area (Å²) in [6, 6.07) is 18.6. The van der Waals surface area contributed by atoms with Gasteiger partial charge in [-0.15, -0.1) is 0 Å². The van der Waals surface area contributed by atoms with Gasteiger partial charge in [-0.1, -0.05) is 66.2 Å². The van der Waals surface area contributed by atoms with Crippen LogP contribution in [0.3, 0.4) is 0 Å². The van der Waals surface area contributed by atoms with Crippen molar-refractivity contribution in [2.45, 2.75) is 44.4 Å². The largest absolute Gasteiger partial charge is 0.406 e. The molecule has 2 unspecified atom stereocenters. The third-order valence-corrected chi connectivity index (χ3v) is 7.20. The zero-order valence-electron chi connectivity index (χ0n) is 18.6. The van der Waals surface area contributed by atoms with Crippen molar-refractivity contribution >= 4 is 21.9 Å². The Balaban J connectivity index is 1.71. The number of fused-ring (bicyclic) bond motifs is 1. The third-order valence-electron chi connectivity index (χ3n) is 5.69. The van der Waals surface area contributed by atoms with Crippen LogP contribution in [0.15, 0.2) is 77.8 Å². The Morgan fingerprint density at radius 1 is 0.939 bits per heavy atom. The summed E-state index contributed by atoms with van der Waals surface area (Å²) in [5, 5.41) is 0.871. The number of nitrogens with zero attached hydrogens (tertiary/aromatic N) is 1. The predicted molar refractivity (Wildman–Crippen MR) is 127 cm³/mol. The van der Waals surface area contributed by atoms with Gasteiger partial charge in [-0.2, -0.15) is 13.2 Å². The lowest BCUT2D eigenvalue weighted by Gasteiger charge is -2.23. The molecule has 0 spiro atoms. The van der Waals surface area contributed by atoms with Gasteiger partial charge in [0.2, 0.25) is 0 Å². The van der Waals surface area contributed by atoms with Gasteiger partial charge in [-0.25, -0.2) is 8.93 Å². The molecule has 0 radical (unpaired) electrons. The second kappa shape index (κ2) is 9.15. The molecule has 7 heteroatoms. The number of halogens is 3. The number of alkyl halides is 3. The molecule has 1 heterocycles. The number of aryl methyl sites for hydroxylation is 3. The summed E-state index contributed by atoms with van der Waals surface area (Å²) >= 11 is 0. The van der Waals surface area contributed by atoms with E-state index in [1.165, 1.54) is 0 Å². The highest BCUT2D eigenvalue weighted by Crippen LogP contribution is 2.32. The second-order valence-corrected chi connectivity index (χ2v) is 9.47. The Bertz CT molecular complexity index is 1290. The topological polar surface area (TPSA) is 34.0 Å². The van der Waals surface area contributed by atoms with E-state index in [1.807, 2.05) is 61.5 Å². The molecule has 2 atom stereocenters. The van der Waals surface area contributed by atoms with Crippen molar-refractivity contribution in [1.29, 1.82) is 0 Å². The van der Waals surface area contributed by atoms with Crippen molar-refractivity contribution in [3.8, 4) is 11.1 Å². The predicted octanol–water partition coefficient (Wildman–Crippen LogP) is 6.48. The van der Waals surface area contributed by atoms with E-state index in [4.69, 9.17) is 0 Å². The molecule has 0 bridgehead atoms. The molecule has 1 N–H and O–H groups in total. The Morgan fingerprint density at radius 2 is 1.55 bits per heavy atom. The second-order valence-electron chi connectivity index (χ2n) is 8.29. The van der Waals surface area contributed by atoms with Crippen LogP contribution in [0.25, 0.3) is 22.0 Å². The maximum absolute atomic E-state index is 14.1. The van der Waals surface area contributed by atoms with E-state index in [1.54, 1.807) is 36.7 Å². The highest BCUT2D eigenvalue weighted by molar-refractivity contribution is 7.83. The average molecular weight is 471 g/mol. The number of hydrogen-bond acceptors (Lipinski definition) is 1. The number of para-hydroxylation sites is 1. The third kappa shape index (κ3) is 4.89. The van der Waals surface area contributed by atoms with Gasteiger partial charge in [0.05, 0.1) is 4.90 Å². The number of aromatic nitrogens is 1. The van der Waals surface area contributed by atoms with Gasteiger partial charge in [0.1, 0.15) is 17.0 Å². The van der Waals surface area contributed by atoms with E-state index in [2.05, 4.69) is 4.72 Å². The number of rotatable bonds is 6. The first-order chi connectivity index (χ1) is 15.6. The minimum atomic E-state index is -4.58. The fraction of sp³-hybridized carbons (Fsp3) is 0.231. The maximum Gasteiger partial charge on any atom is 0.406 e. The minimum absolute atomic E-state index is 0.396. The molecule has 0 aliphatic rings. The van der Waals surface area contributed by atoms with Crippen LogP contribution in [0.2, 0.25) is 0 Å². The lowest BCUT2D eigenvalue weighted by molar-refractivity contribution is -0.153. The summed E-state index contributed by atoms with van der Waals surface area (Å²) in [4.78, 5) is 0.400. The van der Waals surface area contributed by atoms with E-state index in [-0.39, 0.29) is 0 Å². The Hall–Kier alpha value is -2.90. The molecule has 0 amide bonds. The summed E-state index contributed by atoms with van der Waals surface area (Å²) < 4.78 is 59.2. The van der Waals surface area contributed by atoms with E-state index < -0.39 is 29.7 Å². The van der Waals surface area contributed by atoms with E-state index in [0.29, 0.717) is 21.5 Å². The van der Waals surface area contributed by atoms with E-state index in [9.17, 15) is 17.4 Å². The summed E-state index contributed by atoms with van der Waals surface area (Å²) in [7, 11) is -2.01. The van der Waals surface area contributed by atoms with Crippen LogP contribution >= 0.6 is 0 Å². The summed E-state index contributed by atoms with van der Waals surface area (Å²) in [6.07, 6.45) is -2.84. The molecule has 0 saturated carbocycles. The summed E-state index contributed by atoms with van der Waals surface area (Å²) in [5.74, 6) is 0. The van der Waals surface area contributed by atoms with Crippen LogP contribution in [0.4, 0.5) is 13.2 Å². The van der Waals surface area contributed by atoms with E-state index in [0.717, 1.165) is 22.1 Å². The highest BCUT2D eigenvalue weighted by Gasteiger charge is 2.41. The van der Waals surface area contributed by atoms with Crippen LogP contribution < -0.4 is 4.72 Å². The van der Waals surface area contributed by atoms with Crippen LogP contribution in [-0.2, 0) is 17.5 Å². The van der Waals surface area contributed by atoms with Gasteiger partial charge in [-0.3, -0.25) is 0 Å². The molecular weight excluding hydrogens is 445 g/mol. The molecule has 1 aromatic heterocycles. The Kier molecular flexibility index (Phi) is 6.45. The van der Waals surface area contributed by atoms with Gasteiger partial charge in [0.25, 0.3) is 0 Å². The smallest absolute Gasteiger partial charge is 0.345 e. The Labute approximate surface area is 193 Å². The fourth-order valence-electron chi connectivity index (χ4n) is 4.30.